The van der Waals surface area contributed by atoms with Crippen molar-refractivity contribution in [3.8, 4) is 0 Å². The molecule has 0 aliphatic carbocycles. The first-order valence-corrected chi connectivity index (χ1v) is 5.47. The Bertz CT molecular complexity index is 251. The number of anilines is 1. The number of aliphatic hydroxyl groups is 2. The molecule has 0 aromatic carbocycles. The summed E-state index contributed by atoms with van der Waals surface area (Å²) in [5, 5.41) is 19.2. The first kappa shape index (κ1) is 11.4. The van der Waals surface area contributed by atoms with E-state index in [2.05, 4.69) is 4.98 Å². The van der Waals surface area contributed by atoms with Gasteiger partial charge in [-0.1, -0.05) is 0 Å². The Balaban J connectivity index is 2.66. The molecule has 4 nitrogen and oxygen atoms in total. The summed E-state index contributed by atoms with van der Waals surface area (Å²) < 4.78 is 0. The third-order valence-corrected chi connectivity index (χ3v) is 2.75. The van der Waals surface area contributed by atoms with Crippen molar-refractivity contribution in [1.82, 2.24) is 4.98 Å². The number of hydrogen-bond acceptors (Lipinski definition) is 5. The van der Waals surface area contributed by atoms with Gasteiger partial charge in [-0.05, 0) is 13.8 Å². The molecule has 0 aliphatic rings. The summed E-state index contributed by atoms with van der Waals surface area (Å²) in [6, 6.07) is 0.289. The highest BCUT2D eigenvalue weighted by Gasteiger charge is 2.15. The minimum atomic E-state index is -0.695. The van der Waals surface area contributed by atoms with Crippen molar-refractivity contribution < 1.29 is 10.2 Å². The van der Waals surface area contributed by atoms with Crippen LogP contribution < -0.4 is 4.90 Å². The van der Waals surface area contributed by atoms with Crippen LogP contribution in [-0.4, -0.2) is 40.5 Å². The van der Waals surface area contributed by atoms with Gasteiger partial charge in [-0.2, -0.15) is 0 Å². The lowest BCUT2D eigenvalue weighted by molar-refractivity contribution is 0.0989. The van der Waals surface area contributed by atoms with E-state index in [-0.39, 0.29) is 12.6 Å². The van der Waals surface area contributed by atoms with Crippen molar-refractivity contribution >= 4 is 16.3 Å². The predicted octanol–water partition coefficient (Wildman–Crippen LogP) is 0.711. The quantitative estimate of drug-likeness (QED) is 0.761. The maximum absolute atomic E-state index is 9.37. The van der Waals surface area contributed by atoms with Crippen LogP contribution in [0, 0.1) is 0 Å². The highest BCUT2D eigenvalue weighted by atomic mass is 32.1. The number of hydrogen-bond donors (Lipinski definition) is 2. The van der Waals surface area contributed by atoms with Gasteiger partial charge < -0.3 is 15.1 Å². The molecule has 0 amide bonds. The van der Waals surface area contributed by atoms with E-state index >= 15 is 0 Å². The van der Waals surface area contributed by atoms with Crippen LogP contribution >= 0.6 is 11.3 Å². The predicted molar refractivity (Wildman–Crippen MR) is 57.7 cm³/mol. The van der Waals surface area contributed by atoms with Gasteiger partial charge in [-0.15, -0.1) is 11.3 Å². The smallest absolute Gasteiger partial charge is 0.111 e. The number of nitrogens with zero attached hydrogens (tertiary/aromatic N) is 2. The Labute approximate surface area is 87.8 Å². The van der Waals surface area contributed by atoms with E-state index < -0.39 is 6.10 Å². The lowest BCUT2D eigenvalue weighted by Gasteiger charge is -2.28. The zero-order chi connectivity index (χ0) is 10.6. The second-order valence-corrected chi connectivity index (χ2v) is 4.29. The van der Waals surface area contributed by atoms with E-state index in [9.17, 15) is 5.11 Å². The summed E-state index contributed by atoms with van der Waals surface area (Å²) in [7, 11) is 0. The molecule has 0 spiro atoms. The van der Waals surface area contributed by atoms with E-state index in [1.165, 1.54) is 11.3 Å². The van der Waals surface area contributed by atoms with Crippen molar-refractivity contribution in [2.24, 2.45) is 0 Å². The third-order valence-electron chi connectivity index (χ3n) is 1.94. The lowest BCUT2D eigenvalue weighted by atomic mass is 10.3. The molecule has 14 heavy (non-hydrogen) atoms. The van der Waals surface area contributed by atoms with Crippen molar-refractivity contribution in [3.63, 3.8) is 0 Å². The third kappa shape index (κ3) is 2.94. The fraction of sp³-hybridized carbons (Fsp3) is 0.667. The van der Waals surface area contributed by atoms with Crippen molar-refractivity contribution in [1.29, 1.82) is 0 Å². The largest absolute Gasteiger partial charge is 0.394 e. The van der Waals surface area contributed by atoms with Crippen LogP contribution in [0.1, 0.15) is 13.8 Å². The molecule has 1 aromatic rings. The molecule has 0 fully saturated rings. The van der Waals surface area contributed by atoms with Crippen LogP contribution in [0.15, 0.2) is 11.7 Å². The van der Waals surface area contributed by atoms with E-state index in [0.717, 1.165) is 5.00 Å². The number of thiazole rings is 1. The fourth-order valence-corrected chi connectivity index (χ4v) is 1.96. The number of aliphatic hydroxyl groups excluding tert-OH is 2. The zero-order valence-corrected chi connectivity index (χ0v) is 9.24. The Hall–Kier alpha value is -0.650. The van der Waals surface area contributed by atoms with Crippen LogP contribution in [0.5, 0.6) is 0 Å². The van der Waals surface area contributed by atoms with Gasteiger partial charge in [-0.25, -0.2) is 0 Å². The summed E-state index contributed by atoms with van der Waals surface area (Å²) >= 11 is 1.53. The average molecular weight is 216 g/mol. The van der Waals surface area contributed by atoms with Crippen LogP contribution in [0.3, 0.4) is 0 Å². The SMILES string of the molecule is CC(C)N(CC(O)CO)c1cncs1. The second-order valence-electron chi connectivity index (χ2n) is 3.42. The molecule has 1 aromatic heterocycles. The summed E-state index contributed by atoms with van der Waals surface area (Å²) in [6.45, 7) is 4.33. The van der Waals surface area contributed by atoms with E-state index in [4.69, 9.17) is 5.11 Å². The Kier molecular flexibility index (Phi) is 4.31. The molecule has 80 valence electrons. The maximum Gasteiger partial charge on any atom is 0.111 e. The van der Waals surface area contributed by atoms with E-state index in [1.807, 2.05) is 18.7 Å². The normalized spacial score (nSPS) is 13.2. The van der Waals surface area contributed by atoms with Gasteiger partial charge in [0.25, 0.3) is 0 Å². The standard InChI is InChI=1S/C9H16N2O2S/c1-7(2)11(4-8(13)5-12)9-3-10-6-14-9/h3,6-8,12-13H,4-5H2,1-2H3. The molecule has 0 radical (unpaired) electrons. The topological polar surface area (TPSA) is 56.6 Å². The highest BCUT2D eigenvalue weighted by Crippen LogP contribution is 2.21. The molecule has 1 unspecified atom stereocenters. The Morgan fingerprint density at radius 3 is 2.71 bits per heavy atom. The molecule has 0 aliphatic heterocycles. The summed E-state index contributed by atoms with van der Waals surface area (Å²) in [5.74, 6) is 0. The van der Waals surface area contributed by atoms with Crippen LogP contribution in [0.4, 0.5) is 5.00 Å². The monoisotopic (exact) mass is 216 g/mol. The minimum absolute atomic E-state index is 0.206. The van der Waals surface area contributed by atoms with Gasteiger partial charge in [0.05, 0.1) is 24.4 Å². The van der Waals surface area contributed by atoms with Crippen LogP contribution in [0.2, 0.25) is 0 Å². The summed E-state index contributed by atoms with van der Waals surface area (Å²) in [6.07, 6.45) is 1.08. The van der Waals surface area contributed by atoms with Gasteiger partial charge in [0, 0.05) is 12.6 Å². The van der Waals surface area contributed by atoms with Crippen molar-refractivity contribution in [2.75, 3.05) is 18.1 Å². The van der Waals surface area contributed by atoms with Crippen molar-refractivity contribution in [2.45, 2.75) is 26.0 Å². The highest BCUT2D eigenvalue weighted by molar-refractivity contribution is 7.13. The van der Waals surface area contributed by atoms with Gasteiger partial charge in [0.1, 0.15) is 5.00 Å². The Morgan fingerprint density at radius 1 is 1.57 bits per heavy atom. The molecule has 0 bridgehead atoms. The van der Waals surface area contributed by atoms with Crippen LogP contribution in [0.25, 0.3) is 0 Å². The molecule has 1 atom stereocenters. The molecular weight excluding hydrogens is 200 g/mol. The van der Waals surface area contributed by atoms with Crippen LogP contribution in [-0.2, 0) is 0 Å². The molecule has 1 rings (SSSR count). The summed E-state index contributed by atoms with van der Waals surface area (Å²) in [5.41, 5.74) is 1.76. The van der Waals surface area contributed by atoms with E-state index in [1.54, 1.807) is 11.7 Å². The minimum Gasteiger partial charge on any atom is -0.394 e. The summed E-state index contributed by atoms with van der Waals surface area (Å²) in [4.78, 5) is 6.02. The maximum atomic E-state index is 9.37. The average Bonchev–Trinajstić information content (AvgIpc) is 2.65. The molecule has 1 heterocycles. The van der Waals surface area contributed by atoms with Gasteiger partial charge in [0.15, 0.2) is 0 Å². The molecular formula is C9H16N2O2S. The molecule has 0 saturated heterocycles. The van der Waals surface area contributed by atoms with Gasteiger partial charge in [0.2, 0.25) is 0 Å². The Morgan fingerprint density at radius 2 is 2.29 bits per heavy atom. The molecule has 0 saturated carbocycles. The van der Waals surface area contributed by atoms with Crippen molar-refractivity contribution in [3.05, 3.63) is 11.7 Å². The first-order chi connectivity index (χ1) is 6.65. The van der Waals surface area contributed by atoms with Gasteiger partial charge >= 0.3 is 0 Å². The number of rotatable bonds is 5. The number of aromatic nitrogens is 1. The second kappa shape index (κ2) is 5.29. The fourth-order valence-electron chi connectivity index (χ4n) is 1.19. The van der Waals surface area contributed by atoms with E-state index in [0.29, 0.717) is 6.54 Å². The lowest BCUT2D eigenvalue weighted by Crippen LogP contribution is -2.38. The first-order valence-electron chi connectivity index (χ1n) is 4.59. The molecule has 5 heteroatoms. The van der Waals surface area contributed by atoms with Gasteiger partial charge in [-0.3, -0.25) is 4.98 Å². The molecule has 2 N–H and O–H groups in total. The zero-order valence-electron chi connectivity index (χ0n) is 8.42.